The maximum atomic E-state index is 14.4. The van der Waals surface area contributed by atoms with Crippen molar-refractivity contribution < 1.29 is 13.9 Å². The van der Waals surface area contributed by atoms with Crippen LogP contribution >= 0.6 is 0 Å². The zero-order valence-electron chi connectivity index (χ0n) is 13.7. The zero-order chi connectivity index (χ0) is 16.9. The fourth-order valence-corrected chi connectivity index (χ4v) is 3.35. The summed E-state index contributed by atoms with van der Waals surface area (Å²) in [6, 6.07) is 5.06. The minimum absolute atomic E-state index is 0.252. The van der Waals surface area contributed by atoms with E-state index in [1.54, 1.807) is 16.8 Å². The first kappa shape index (κ1) is 15.2. The largest absolute Gasteiger partial charge is 0.481 e. The molecular weight excluding hydrogens is 311 g/mol. The number of nitrogens with zero attached hydrogens (tertiary/aromatic N) is 2. The zero-order valence-corrected chi connectivity index (χ0v) is 13.7. The van der Waals surface area contributed by atoms with Crippen LogP contribution in [-0.4, -0.2) is 21.3 Å². The van der Waals surface area contributed by atoms with E-state index in [9.17, 15) is 9.18 Å². The van der Waals surface area contributed by atoms with E-state index in [-0.39, 0.29) is 29.2 Å². The quantitative estimate of drug-likeness (QED) is 0.868. The van der Waals surface area contributed by atoms with Gasteiger partial charge in [-0.3, -0.25) is 9.36 Å². The summed E-state index contributed by atoms with van der Waals surface area (Å²) in [4.78, 5) is 15.2. The molecule has 0 radical (unpaired) electrons. The van der Waals surface area contributed by atoms with E-state index in [0.29, 0.717) is 6.54 Å². The van der Waals surface area contributed by atoms with Gasteiger partial charge in [0, 0.05) is 12.3 Å². The second kappa shape index (κ2) is 5.33. The van der Waals surface area contributed by atoms with Crippen molar-refractivity contribution in [3.05, 3.63) is 51.7 Å². The SMILES string of the molecule is CC(C)(Oc1cc2c(cc1F)CCC2)[C@@H]1Cn2ccc(=O)nc2O1. The smallest absolute Gasteiger partial charge is 0.300 e. The topological polar surface area (TPSA) is 53.4 Å². The summed E-state index contributed by atoms with van der Waals surface area (Å²) >= 11 is 0. The van der Waals surface area contributed by atoms with Crippen LogP contribution in [0.4, 0.5) is 4.39 Å². The number of hydrogen-bond acceptors (Lipinski definition) is 4. The molecule has 1 aromatic carbocycles. The number of benzene rings is 1. The Bertz CT molecular complexity index is 860. The molecule has 2 aliphatic rings. The molecule has 126 valence electrons. The third-order valence-corrected chi connectivity index (χ3v) is 4.75. The number of rotatable bonds is 3. The van der Waals surface area contributed by atoms with E-state index in [1.165, 1.54) is 6.07 Å². The van der Waals surface area contributed by atoms with Crippen molar-refractivity contribution in [2.24, 2.45) is 0 Å². The van der Waals surface area contributed by atoms with E-state index >= 15 is 0 Å². The minimum Gasteiger partial charge on any atom is -0.481 e. The number of fused-ring (bicyclic) bond motifs is 2. The third-order valence-electron chi connectivity index (χ3n) is 4.75. The van der Waals surface area contributed by atoms with Crippen LogP contribution in [0.15, 0.2) is 29.2 Å². The average molecular weight is 330 g/mol. The number of aromatic nitrogens is 2. The molecule has 0 unspecified atom stereocenters. The molecule has 6 heteroatoms. The summed E-state index contributed by atoms with van der Waals surface area (Å²) in [5, 5.41) is 0. The van der Waals surface area contributed by atoms with Crippen LogP contribution < -0.4 is 15.0 Å². The molecular formula is C18H19FN2O3. The van der Waals surface area contributed by atoms with Crippen molar-refractivity contribution in [3.8, 4) is 11.8 Å². The number of halogens is 1. The van der Waals surface area contributed by atoms with Gasteiger partial charge >= 0.3 is 0 Å². The van der Waals surface area contributed by atoms with Crippen molar-refractivity contribution in [1.82, 2.24) is 9.55 Å². The van der Waals surface area contributed by atoms with E-state index in [0.717, 1.165) is 30.4 Å². The molecule has 0 bridgehead atoms. The maximum absolute atomic E-state index is 14.4. The molecule has 0 saturated heterocycles. The Balaban J connectivity index is 1.57. The average Bonchev–Trinajstić information content (AvgIpc) is 3.13. The van der Waals surface area contributed by atoms with Crippen LogP contribution in [0.3, 0.4) is 0 Å². The van der Waals surface area contributed by atoms with Gasteiger partial charge in [-0.2, -0.15) is 4.98 Å². The molecule has 2 heterocycles. The summed E-state index contributed by atoms with van der Waals surface area (Å²) in [7, 11) is 0. The Morgan fingerprint density at radius 2 is 2.08 bits per heavy atom. The van der Waals surface area contributed by atoms with Crippen molar-refractivity contribution in [3.63, 3.8) is 0 Å². The van der Waals surface area contributed by atoms with Gasteiger partial charge < -0.3 is 9.47 Å². The van der Waals surface area contributed by atoms with Gasteiger partial charge in [0.2, 0.25) is 0 Å². The van der Waals surface area contributed by atoms with Crippen LogP contribution in [0.5, 0.6) is 11.8 Å². The van der Waals surface area contributed by atoms with Crippen LogP contribution in [0.25, 0.3) is 0 Å². The summed E-state index contributed by atoms with van der Waals surface area (Å²) in [5.74, 6) is -0.0884. The molecule has 0 N–H and O–H groups in total. The van der Waals surface area contributed by atoms with Crippen LogP contribution in [0, 0.1) is 5.82 Å². The van der Waals surface area contributed by atoms with Gasteiger partial charge in [-0.25, -0.2) is 4.39 Å². The second-order valence-corrected chi connectivity index (χ2v) is 6.92. The lowest BCUT2D eigenvalue weighted by atomic mass is 10.0. The first-order valence-electron chi connectivity index (χ1n) is 8.17. The highest BCUT2D eigenvalue weighted by molar-refractivity contribution is 5.40. The molecule has 24 heavy (non-hydrogen) atoms. The fourth-order valence-electron chi connectivity index (χ4n) is 3.35. The van der Waals surface area contributed by atoms with E-state index in [2.05, 4.69) is 4.98 Å². The summed E-state index contributed by atoms with van der Waals surface area (Å²) in [5.41, 5.74) is 1.12. The highest BCUT2D eigenvalue weighted by Crippen LogP contribution is 2.33. The Hall–Kier alpha value is -2.37. The Morgan fingerprint density at radius 1 is 1.33 bits per heavy atom. The van der Waals surface area contributed by atoms with E-state index < -0.39 is 5.60 Å². The molecule has 0 spiro atoms. The molecule has 4 rings (SSSR count). The predicted molar refractivity (Wildman–Crippen MR) is 86.0 cm³/mol. The normalized spacial score (nSPS) is 18.9. The monoisotopic (exact) mass is 330 g/mol. The third kappa shape index (κ3) is 2.56. The van der Waals surface area contributed by atoms with Gasteiger partial charge in [0.05, 0.1) is 6.54 Å². The predicted octanol–water partition coefficient (Wildman–Crippen LogP) is 2.49. The van der Waals surface area contributed by atoms with Crippen LogP contribution in [0.2, 0.25) is 0 Å². The first-order chi connectivity index (χ1) is 11.4. The summed E-state index contributed by atoms with van der Waals surface area (Å²) < 4.78 is 27.9. The first-order valence-corrected chi connectivity index (χ1v) is 8.17. The molecule has 1 aromatic heterocycles. The van der Waals surface area contributed by atoms with Gasteiger partial charge in [0.15, 0.2) is 17.7 Å². The Kier molecular flexibility index (Phi) is 3.37. The van der Waals surface area contributed by atoms with Gasteiger partial charge in [0.25, 0.3) is 11.6 Å². The number of aryl methyl sites for hydroxylation is 2. The van der Waals surface area contributed by atoms with Gasteiger partial charge in [-0.15, -0.1) is 0 Å². The Labute approximate surface area is 139 Å². The summed E-state index contributed by atoms with van der Waals surface area (Å²) in [6.07, 6.45) is 4.24. The molecule has 5 nitrogen and oxygen atoms in total. The van der Waals surface area contributed by atoms with Crippen molar-refractivity contribution in [1.29, 1.82) is 0 Å². The standard InChI is InChI=1S/C18H19FN2O3/c1-18(2,15-10-21-7-6-16(22)20-17(21)23-15)24-14-9-12-5-3-4-11(12)8-13(14)19/h6-9,15H,3-5,10H2,1-2H3/t15-/m0/s1. The molecule has 2 aromatic rings. The van der Waals surface area contributed by atoms with E-state index in [4.69, 9.17) is 9.47 Å². The van der Waals surface area contributed by atoms with Crippen LogP contribution in [-0.2, 0) is 19.4 Å². The van der Waals surface area contributed by atoms with E-state index in [1.807, 2.05) is 19.9 Å². The lowest BCUT2D eigenvalue weighted by molar-refractivity contribution is -0.00710. The molecule has 0 amide bonds. The lowest BCUT2D eigenvalue weighted by Gasteiger charge is -2.31. The minimum atomic E-state index is -0.773. The van der Waals surface area contributed by atoms with Crippen molar-refractivity contribution in [2.45, 2.75) is 51.4 Å². The number of hydrogen-bond donors (Lipinski definition) is 0. The van der Waals surface area contributed by atoms with Crippen LogP contribution in [0.1, 0.15) is 31.4 Å². The highest BCUT2D eigenvalue weighted by atomic mass is 19.1. The molecule has 1 atom stereocenters. The van der Waals surface area contributed by atoms with Gasteiger partial charge in [-0.1, -0.05) is 0 Å². The summed E-state index contributed by atoms with van der Waals surface area (Å²) in [6.45, 7) is 4.21. The Morgan fingerprint density at radius 3 is 2.88 bits per heavy atom. The second-order valence-electron chi connectivity index (χ2n) is 6.92. The van der Waals surface area contributed by atoms with Gasteiger partial charge in [0.1, 0.15) is 5.60 Å². The maximum Gasteiger partial charge on any atom is 0.300 e. The highest BCUT2D eigenvalue weighted by Gasteiger charge is 2.39. The van der Waals surface area contributed by atoms with Crippen molar-refractivity contribution in [2.75, 3.05) is 0 Å². The molecule has 0 saturated carbocycles. The molecule has 1 aliphatic heterocycles. The number of ether oxygens (including phenoxy) is 2. The molecule has 1 aliphatic carbocycles. The van der Waals surface area contributed by atoms with Gasteiger partial charge in [-0.05, 0) is 56.4 Å². The lowest BCUT2D eigenvalue weighted by Crippen LogP contribution is -2.45. The fraction of sp³-hybridized carbons (Fsp3) is 0.444. The van der Waals surface area contributed by atoms with Crippen molar-refractivity contribution >= 4 is 0 Å². The molecule has 0 fully saturated rings.